The molecule has 26 heavy (non-hydrogen) atoms. The van der Waals surface area contributed by atoms with Gasteiger partial charge in [0.05, 0.1) is 22.0 Å². The number of aromatic nitrogens is 3. The van der Waals surface area contributed by atoms with Crippen molar-refractivity contribution < 1.29 is 0 Å². The molecule has 0 aliphatic heterocycles. The van der Waals surface area contributed by atoms with E-state index >= 15 is 0 Å². The van der Waals surface area contributed by atoms with E-state index in [1.165, 1.54) is 16.0 Å². The fourth-order valence-corrected chi connectivity index (χ4v) is 4.23. The first-order chi connectivity index (χ1) is 12.5. The Morgan fingerprint density at radius 3 is 2.50 bits per heavy atom. The van der Waals surface area contributed by atoms with Gasteiger partial charge >= 0.3 is 0 Å². The minimum atomic E-state index is -0.250. The molecule has 0 N–H and O–H groups in total. The third-order valence-corrected chi connectivity index (χ3v) is 6.19. The average Bonchev–Trinajstić information content (AvgIpc) is 3.10. The van der Waals surface area contributed by atoms with Gasteiger partial charge < -0.3 is 0 Å². The summed E-state index contributed by atoms with van der Waals surface area (Å²) in [7, 11) is 0. The number of hydrogen-bond donors (Lipinski definition) is 0. The summed E-state index contributed by atoms with van der Waals surface area (Å²) in [5.41, 5.74) is 1.32. The van der Waals surface area contributed by atoms with Gasteiger partial charge in [-0.1, -0.05) is 70.3 Å². The van der Waals surface area contributed by atoms with Crippen LogP contribution in [0.25, 0.3) is 20.7 Å². The molecule has 4 aromatic rings. The number of benzene rings is 2. The molecule has 4 nitrogen and oxygen atoms in total. The van der Waals surface area contributed by atoms with Crippen LogP contribution in [0.2, 0.25) is 15.1 Å². The maximum absolute atomic E-state index is 12.8. The number of rotatable bonds is 3. The standard InChI is InChI=1S/C18H10Cl3N3OS/c19-13-6-7-14(20)16(21)12(13)9-24-18(25)11-8-15(26-17(11)22-23-24)10-4-2-1-3-5-10/h1-8H,9H2. The summed E-state index contributed by atoms with van der Waals surface area (Å²) < 4.78 is 1.24. The van der Waals surface area contributed by atoms with E-state index in [-0.39, 0.29) is 12.1 Å². The molecule has 0 atom stereocenters. The Bertz CT molecular complexity index is 1170. The predicted molar refractivity (Wildman–Crippen MR) is 108 cm³/mol. The lowest BCUT2D eigenvalue weighted by Gasteiger charge is -2.09. The maximum Gasteiger partial charge on any atom is 0.278 e. The van der Waals surface area contributed by atoms with Crippen LogP contribution in [0, 0.1) is 0 Å². The molecule has 0 saturated carbocycles. The Hall–Kier alpha value is -1.92. The molecule has 2 aromatic heterocycles. The van der Waals surface area contributed by atoms with Crippen LogP contribution in [-0.4, -0.2) is 15.0 Å². The quantitative estimate of drug-likeness (QED) is 0.408. The second kappa shape index (κ2) is 7.00. The minimum absolute atomic E-state index is 0.0938. The van der Waals surface area contributed by atoms with Gasteiger partial charge in [0.2, 0.25) is 0 Å². The third-order valence-electron chi connectivity index (χ3n) is 3.93. The zero-order valence-corrected chi connectivity index (χ0v) is 16.2. The molecule has 0 spiro atoms. The number of fused-ring (bicyclic) bond motifs is 1. The van der Waals surface area contributed by atoms with Gasteiger partial charge in [0.1, 0.15) is 0 Å². The highest BCUT2D eigenvalue weighted by Crippen LogP contribution is 2.32. The van der Waals surface area contributed by atoms with E-state index in [4.69, 9.17) is 34.8 Å². The lowest BCUT2D eigenvalue weighted by Crippen LogP contribution is -2.24. The summed E-state index contributed by atoms with van der Waals surface area (Å²) in [4.78, 5) is 14.4. The van der Waals surface area contributed by atoms with Crippen LogP contribution in [0.5, 0.6) is 0 Å². The lowest BCUT2D eigenvalue weighted by molar-refractivity contribution is 0.602. The number of nitrogens with zero attached hydrogens (tertiary/aromatic N) is 3. The van der Waals surface area contributed by atoms with E-state index in [1.807, 2.05) is 36.4 Å². The molecule has 0 aliphatic rings. The summed E-state index contributed by atoms with van der Waals surface area (Å²) >= 11 is 19.9. The highest BCUT2D eigenvalue weighted by atomic mass is 35.5. The zero-order valence-electron chi connectivity index (χ0n) is 13.1. The molecule has 0 saturated heterocycles. The van der Waals surface area contributed by atoms with Crippen LogP contribution in [0.3, 0.4) is 0 Å². The van der Waals surface area contributed by atoms with Gasteiger partial charge in [0.25, 0.3) is 5.56 Å². The van der Waals surface area contributed by atoms with Gasteiger partial charge in [-0.3, -0.25) is 4.79 Å². The molecular formula is C18H10Cl3N3OS. The molecule has 2 heterocycles. The Morgan fingerprint density at radius 1 is 1.00 bits per heavy atom. The number of thiophene rings is 1. The third kappa shape index (κ3) is 3.12. The lowest BCUT2D eigenvalue weighted by atomic mass is 10.2. The van der Waals surface area contributed by atoms with E-state index in [1.54, 1.807) is 12.1 Å². The van der Waals surface area contributed by atoms with Crippen LogP contribution < -0.4 is 5.56 Å². The van der Waals surface area contributed by atoms with Gasteiger partial charge in [-0.05, 0) is 23.8 Å². The van der Waals surface area contributed by atoms with Crippen LogP contribution in [0.1, 0.15) is 5.56 Å². The van der Waals surface area contributed by atoms with Crippen molar-refractivity contribution in [2.75, 3.05) is 0 Å². The normalized spacial score (nSPS) is 11.2. The van der Waals surface area contributed by atoms with E-state index in [0.717, 1.165) is 10.4 Å². The fraction of sp³-hybridized carbons (Fsp3) is 0.0556. The molecule has 130 valence electrons. The van der Waals surface area contributed by atoms with Crippen LogP contribution in [-0.2, 0) is 6.54 Å². The van der Waals surface area contributed by atoms with Gasteiger partial charge in [-0.15, -0.1) is 16.4 Å². The molecule has 0 bridgehead atoms. The van der Waals surface area contributed by atoms with Crippen molar-refractivity contribution in [1.29, 1.82) is 0 Å². The van der Waals surface area contributed by atoms with E-state index < -0.39 is 0 Å². The van der Waals surface area contributed by atoms with Gasteiger partial charge in [-0.2, -0.15) is 0 Å². The van der Waals surface area contributed by atoms with Crippen LogP contribution >= 0.6 is 46.1 Å². The summed E-state index contributed by atoms with van der Waals surface area (Å²) in [5.74, 6) is 0. The first-order valence-electron chi connectivity index (χ1n) is 7.60. The summed E-state index contributed by atoms with van der Waals surface area (Å²) in [6.45, 7) is 0.0938. The molecule has 0 amide bonds. The van der Waals surface area contributed by atoms with Gasteiger partial charge in [0, 0.05) is 15.5 Å². The number of halogens is 3. The van der Waals surface area contributed by atoms with E-state index in [2.05, 4.69) is 10.3 Å². The molecular weight excluding hydrogens is 413 g/mol. The van der Waals surface area contributed by atoms with E-state index in [0.29, 0.717) is 30.8 Å². The van der Waals surface area contributed by atoms with Crippen molar-refractivity contribution in [2.24, 2.45) is 0 Å². The first kappa shape index (κ1) is 17.5. The molecule has 0 radical (unpaired) electrons. The van der Waals surface area contributed by atoms with Crippen LogP contribution in [0.15, 0.2) is 53.3 Å². The molecule has 0 fully saturated rings. The van der Waals surface area contributed by atoms with Crippen molar-refractivity contribution in [2.45, 2.75) is 6.54 Å². The zero-order chi connectivity index (χ0) is 18.3. The Kier molecular flexibility index (Phi) is 4.71. The van der Waals surface area contributed by atoms with Crippen molar-refractivity contribution in [1.82, 2.24) is 15.0 Å². The SMILES string of the molecule is O=c1c2cc(-c3ccccc3)sc2nnn1Cc1c(Cl)ccc(Cl)c1Cl. The molecule has 2 aromatic carbocycles. The van der Waals surface area contributed by atoms with Crippen molar-refractivity contribution >= 4 is 56.4 Å². The average molecular weight is 423 g/mol. The topological polar surface area (TPSA) is 47.8 Å². The highest BCUT2D eigenvalue weighted by Gasteiger charge is 2.15. The van der Waals surface area contributed by atoms with E-state index in [9.17, 15) is 4.79 Å². The Labute approximate surface area is 167 Å². The largest absolute Gasteiger partial charge is 0.278 e. The Morgan fingerprint density at radius 2 is 1.73 bits per heavy atom. The highest BCUT2D eigenvalue weighted by molar-refractivity contribution is 7.21. The molecule has 0 unspecified atom stereocenters. The molecule has 0 aliphatic carbocycles. The summed E-state index contributed by atoms with van der Waals surface area (Å²) in [6, 6.07) is 14.9. The maximum atomic E-state index is 12.8. The second-order valence-corrected chi connectivity index (χ2v) is 7.79. The first-order valence-corrected chi connectivity index (χ1v) is 9.55. The van der Waals surface area contributed by atoms with Crippen molar-refractivity contribution in [3.63, 3.8) is 0 Å². The minimum Gasteiger partial charge on any atom is -0.267 e. The smallest absolute Gasteiger partial charge is 0.267 e. The van der Waals surface area contributed by atoms with Crippen LogP contribution in [0.4, 0.5) is 0 Å². The van der Waals surface area contributed by atoms with Crippen molar-refractivity contribution in [3.8, 4) is 10.4 Å². The Balaban J connectivity index is 1.80. The van der Waals surface area contributed by atoms with Crippen molar-refractivity contribution in [3.05, 3.63) is 79.5 Å². The molecule has 4 rings (SSSR count). The molecule has 8 heteroatoms. The predicted octanol–water partition coefficient (Wildman–Crippen LogP) is 5.53. The van der Waals surface area contributed by atoms with Gasteiger partial charge in [0.15, 0.2) is 4.83 Å². The second-order valence-electron chi connectivity index (χ2n) is 5.57. The number of hydrogen-bond acceptors (Lipinski definition) is 4. The van der Waals surface area contributed by atoms with Gasteiger partial charge in [-0.25, -0.2) is 4.68 Å². The fourth-order valence-electron chi connectivity index (χ4n) is 2.60. The summed E-state index contributed by atoms with van der Waals surface area (Å²) in [5, 5.41) is 9.81. The monoisotopic (exact) mass is 421 g/mol. The summed E-state index contributed by atoms with van der Waals surface area (Å²) in [6.07, 6.45) is 0.